The Morgan fingerprint density at radius 3 is 2.55 bits per heavy atom. The van der Waals surface area contributed by atoms with Crippen LogP contribution in [-0.4, -0.2) is 22.0 Å². The number of aromatic nitrogens is 1. The predicted molar refractivity (Wildman–Crippen MR) is 67.7 cm³/mol. The van der Waals surface area contributed by atoms with Crippen LogP contribution in [0.3, 0.4) is 0 Å². The van der Waals surface area contributed by atoms with E-state index in [0.29, 0.717) is 11.3 Å². The minimum absolute atomic E-state index is 0.0611. The molecule has 6 heteroatoms. The highest BCUT2D eigenvalue weighted by Crippen LogP contribution is 2.21. The molecule has 0 fully saturated rings. The number of nitrogens with zero attached hydrogens (tertiary/aromatic N) is 1. The summed E-state index contributed by atoms with van der Waals surface area (Å²) >= 11 is 0. The van der Waals surface area contributed by atoms with Gasteiger partial charge in [-0.25, -0.2) is 4.39 Å². The maximum atomic E-state index is 12.8. The summed E-state index contributed by atoms with van der Waals surface area (Å²) in [5, 5.41) is 12.1. The van der Waals surface area contributed by atoms with E-state index < -0.39 is 5.97 Å². The van der Waals surface area contributed by atoms with Gasteiger partial charge in [-0.1, -0.05) is 5.16 Å². The Morgan fingerprint density at radius 1 is 1.20 bits per heavy atom. The van der Waals surface area contributed by atoms with Crippen molar-refractivity contribution >= 4 is 11.8 Å². The number of carbonyl (C=O) groups is 2. The standard InChI is InChI=1S/C14H12FNO4/c15-10-6-4-9(5-7-10)13-8-11(16-20-13)12(17)2-1-3-14(18)19/h4-8H,1-3H2,(H,18,19). The highest BCUT2D eigenvalue weighted by Gasteiger charge is 2.14. The van der Waals surface area contributed by atoms with E-state index >= 15 is 0 Å². The quantitative estimate of drug-likeness (QED) is 0.821. The summed E-state index contributed by atoms with van der Waals surface area (Å²) in [4.78, 5) is 22.1. The molecule has 1 aromatic carbocycles. The SMILES string of the molecule is O=C(O)CCCC(=O)c1cc(-c2ccc(F)cc2)on1. The molecular formula is C14H12FNO4. The summed E-state index contributed by atoms with van der Waals surface area (Å²) in [6, 6.07) is 7.08. The number of carbonyl (C=O) groups excluding carboxylic acids is 1. The zero-order valence-corrected chi connectivity index (χ0v) is 10.5. The zero-order valence-electron chi connectivity index (χ0n) is 10.5. The number of benzene rings is 1. The third-order valence-electron chi connectivity index (χ3n) is 2.72. The van der Waals surface area contributed by atoms with Crippen molar-refractivity contribution in [3.05, 3.63) is 41.8 Å². The van der Waals surface area contributed by atoms with Crippen LogP contribution in [-0.2, 0) is 4.79 Å². The van der Waals surface area contributed by atoms with Gasteiger partial charge >= 0.3 is 5.97 Å². The van der Waals surface area contributed by atoms with Crippen molar-refractivity contribution in [3.8, 4) is 11.3 Å². The molecule has 0 saturated heterocycles. The van der Waals surface area contributed by atoms with Gasteiger partial charge in [0.1, 0.15) is 11.5 Å². The number of aliphatic carboxylic acids is 1. The molecule has 0 spiro atoms. The molecule has 0 radical (unpaired) electrons. The maximum absolute atomic E-state index is 12.8. The van der Waals surface area contributed by atoms with E-state index in [1.807, 2.05) is 0 Å². The van der Waals surface area contributed by atoms with Gasteiger partial charge in [0.15, 0.2) is 11.5 Å². The average molecular weight is 277 g/mol. The molecule has 1 heterocycles. The Balaban J connectivity index is 2.03. The molecule has 0 saturated carbocycles. The fourth-order valence-corrected chi connectivity index (χ4v) is 1.69. The van der Waals surface area contributed by atoms with Gasteiger partial charge in [-0.05, 0) is 30.7 Å². The van der Waals surface area contributed by atoms with Crippen LogP contribution < -0.4 is 0 Å². The number of halogens is 1. The van der Waals surface area contributed by atoms with Gasteiger partial charge in [-0.3, -0.25) is 9.59 Å². The highest BCUT2D eigenvalue weighted by atomic mass is 19.1. The Kier molecular flexibility index (Phi) is 4.24. The second-order valence-corrected chi connectivity index (χ2v) is 4.25. The smallest absolute Gasteiger partial charge is 0.303 e. The van der Waals surface area contributed by atoms with Crippen molar-refractivity contribution in [1.82, 2.24) is 5.16 Å². The van der Waals surface area contributed by atoms with Crippen molar-refractivity contribution in [1.29, 1.82) is 0 Å². The summed E-state index contributed by atoms with van der Waals surface area (Å²) < 4.78 is 17.8. The lowest BCUT2D eigenvalue weighted by Crippen LogP contribution is -2.01. The van der Waals surface area contributed by atoms with Crippen LogP contribution in [0.25, 0.3) is 11.3 Å². The van der Waals surface area contributed by atoms with Crippen molar-refractivity contribution < 1.29 is 23.6 Å². The molecule has 2 aromatic rings. The number of carboxylic acid groups (broad SMARTS) is 1. The van der Waals surface area contributed by atoms with Crippen molar-refractivity contribution in [2.45, 2.75) is 19.3 Å². The van der Waals surface area contributed by atoms with Gasteiger partial charge in [-0.2, -0.15) is 0 Å². The van der Waals surface area contributed by atoms with Gasteiger partial charge < -0.3 is 9.63 Å². The van der Waals surface area contributed by atoms with Crippen LogP contribution in [0.2, 0.25) is 0 Å². The number of carboxylic acids is 1. The third-order valence-corrected chi connectivity index (χ3v) is 2.72. The largest absolute Gasteiger partial charge is 0.481 e. The first-order chi connectivity index (χ1) is 9.56. The molecule has 5 nitrogen and oxygen atoms in total. The molecule has 0 amide bonds. The molecular weight excluding hydrogens is 265 g/mol. The van der Waals surface area contributed by atoms with E-state index in [1.165, 1.54) is 30.3 Å². The minimum atomic E-state index is -0.940. The lowest BCUT2D eigenvalue weighted by atomic mass is 10.1. The summed E-state index contributed by atoms with van der Waals surface area (Å²) in [6.07, 6.45) is 0.295. The monoisotopic (exact) mass is 277 g/mol. The van der Waals surface area contributed by atoms with Crippen LogP contribution in [0.15, 0.2) is 34.9 Å². The van der Waals surface area contributed by atoms with Crippen LogP contribution in [0.1, 0.15) is 29.8 Å². The van der Waals surface area contributed by atoms with Crippen LogP contribution in [0, 0.1) is 5.82 Å². The van der Waals surface area contributed by atoms with Crippen molar-refractivity contribution in [2.24, 2.45) is 0 Å². The summed E-state index contributed by atoms with van der Waals surface area (Å²) in [6.45, 7) is 0. The van der Waals surface area contributed by atoms with E-state index in [-0.39, 0.29) is 36.6 Å². The molecule has 0 aliphatic heterocycles. The summed E-state index contributed by atoms with van der Waals surface area (Å²) in [5.74, 6) is -1.21. The third kappa shape index (κ3) is 3.50. The van der Waals surface area contributed by atoms with E-state index in [0.717, 1.165) is 0 Å². The number of rotatable bonds is 6. The number of hydrogen-bond acceptors (Lipinski definition) is 4. The Labute approximate surface area is 114 Å². The Hall–Kier alpha value is -2.50. The average Bonchev–Trinajstić information content (AvgIpc) is 2.88. The van der Waals surface area contributed by atoms with Gasteiger partial charge in [0.25, 0.3) is 0 Å². The molecule has 0 atom stereocenters. The lowest BCUT2D eigenvalue weighted by Gasteiger charge is -1.94. The molecule has 2 rings (SSSR count). The molecule has 0 aliphatic rings. The van der Waals surface area contributed by atoms with Gasteiger partial charge in [0.2, 0.25) is 0 Å². The van der Waals surface area contributed by atoms with Crippen LogP contribution >= 0.6 is 0 Å². The molecule has 1 aromatic heterocycles. The van der Waals surface area contributed by atoms with Gasteiger partial charge in [0.05, 0.1) is 0 Å². The number of Topliss-reactive ketones (excluding diaryl/α,β-unsaturated/α-hetero) is 1. The summed E-state index contributed by atoms with van der Waals surface area (Å²) in [7, 11) is 0. The van der Waals surface area contributed by atoms with E-state index in [2.05, 4.69) is 5.16 Å². The number of ketones is 1. The van der Waals surface area contributed by atoms with Crippen molar-refractivity contribution in [2.75, 3.05) is 0 Å². The molecule has 0 unspecified atom stereocenters. The molecule has 104 valence electrons. The Bertz CT molecular complexity index is 618. The second-order valence-electron chi connectivity index (χ2n) is 4.25. The molecule has 1 N–H and O–H groups in total. The first-order valence-corrected chi connectivity index (χ1v) is 6.04. The molecule has 0 bridgehead atoms. The summed E-state index contributed by atoms with van der Waals surface area (Å²) in [5.41, 5.74) is 0.762. The van der Waals surface area contributed by atoms with E-state index in [9.17, 15) is 14.0 Å². The minimum Gasteiger partial charge on any atom is -0.481 e. The first-order valence-electron chi connectivity index (χ1n) is 6.04. The van der Waals surface area contributed by atoms with Crippen LogP contribution in [0.4, 0.5) is 4.39 Å². The van der Waals surface area contributed by atoms with Crippen LogP contribution in [0.5, 0.6) is 0 Å². The molecule has 0 aliphatic carbocycles. The first kappa shape index (κ1) is 13.9. The zero-order chi connectivity index (χ0) is 14.5. The van der Waals surface area contributed by atoms with E-state index in [1.54, 1.807) is 0 Å². The lowest BCUT2D eigenvalue weighted by molar-refractivity contribution is -0.137. The highest BCUT2D eigenvalue weighted by molar-refractivity contribution is 5.95. The number of hydrogen-bond donors (Lipinski definition) is 1. The van der Waals surface area contributed by atoms with Gasteiger partial charge in [0, 0.05) is 24.5 Å². The maximum Gasteiger partial charge on any atom is 0.303 e. The Morgan fingerprint density at radius 2 is 1.90 bits per heavy atom. The second kappa shape index (κ2) is 6.10. The fraction of sp³-hybridized carbons (Fsp3) is 0.214. The van der Waals surface area contributed by atoms with Crippen molar-refractivity contribution in [3.63, 3.8) is 0 Å². The molecule has 20 heavy (non-hydrogen) atoms. The van der Waals surface area contributed by atoms with Gasteiger partial charge in [-0.15, -0.1) is 0 Å². The fourth-order valence-electron chi connectivity index (χ4n) is 1.69. The topological polar surface area (TPSA) is 80.4 Å². The van der Waals surface area contributed by atoms with E-state index in [4.69, 9.17) is 9.63 Å². The predicted octanol–water partition coefficient (Wildman–Crippen LogP) is 2.92. The normalized spacial score (nSPS) is 10.4.